The smallest absolute Gasteiger partial charge is 0.244 e. The molecule has 1 heterocycles. The predicted octanol–water partition coefficient (Wildman–Crippen LogP) is 3.69. The first kappa shape index (κ1) is 18.2. The average Bonchev–Trinajstić information content (AvgIpc) is 2.54. The second-order valence-corrected chi connectivity index (χ2v) is 8.63. The average molecular weight is 383 g/mol. The van der Waals surface area contributed by atoms with Crippen LogP contribution in [0.3, 0.4) is 0 Å². The largest absolute Gasteiger partial charge is 0.366 e. The monoisotopic (exact) mass is 382 g/mol. The van der Waals surface area contributed by atoms with E-state index in [-0.39, 0.29) is 16.0 Å². The van der Waals surface area contributed by atoms with Gasteiger partial charge in [-0.15, -0.1) is 0 Å². The Morgan fingerprint density at radius 2 is 1.92 bits per heavy atom. The van der Waals surface area contributed by atoms with Crippen molar-refractivity contribution in [3.8, 4) is 0 Å². The Balaban J connectivity index is 1.82. The van der Waals surface area contributed by atoms with Gasteiger partial charge in [-0.05, 0) is 49.7 Å². The van der Waals surface area contributed by atoms with Crippen molar-refractivity contribution in [3.05, 3.63) is 58.9 Å². The predicted molar refractivity (Wildman–Crippen MR) is 98.2 cm³/mol. The quantitative estimate of drug-likeness (QED) is 0.812. The molecule has 134 valence electrons. The Morgan fingerprint density at radius 1 is 1.16 bits per heavy atom. The molecular weight excluding hydrogens is 363 g/mol. The number of anilines is 1. The number of piperazine rings is 1. The molecule has 2 aromatic rings. The lowest BCUT2D eigenvalue weighted by molar-refractivity contribution is 0.342. The van der Waals surface area contributed by atoms with Crippen LogP contribution >= 0.6 is 11.6 Å². The normalized spacial score (nSPS) is 19.2. The third-order valence-corrected chi connectivity index (χ3v) is 6.78. The van der Waals surface area contributed by atoms with Gasteiger partial charge >= 0.3 is 0 Å². The molecule has 0 saturated carbocycles. The van der Waals surface area contributed by atoms with Gasteiger partial charge in [-0.3, -0.25) is 0 Å². The molecule has 0 N–H and O–H groups in total. The first-order valence-corrected chi connectivity index (χ1v) is 9.89. The van der Waals surface area contributed by atoms with Crippen molar-refractivity contribution in [1.82, 2.24) is 4.31 Å². The number of halogens is 2. The van der Waals surface area contributed by atoms with E-state index in [1.165, 1.54) is 10.4 Å². The Morgan fingerprint density at radius 3 is 2.56 bits per heavy atom. The molecule has 1 aliphatic rings. The number of rotatable bonds is 3. The number of sulfonamides is 1. The van der Waals surface area contributed by atoms with Crippen LogP contribution in [-0.4, -0.2) is 38.4 Å². The number of aryl methyl sites for hydroxylation is 1. The number of hydrogen-bond donors (Lipinski definition) is 0. The zero-order valence-corrected chi connectivity index (χ0v) is 15.7. The number of benzene rings is 2. The summed E-state index contributed by atoms with van der Waals surface area (Å²) in [7, 11) is -3.75. The zero-order chi connectivity index (χ0) is 18.2. The van der Waals surface area contributed by atoms with Gasteiger partial charge in [-0.25, -0.2) is 12.8 Å². The fourth-order valence-corrected chi connectivity index (χ4v) is 5.17. The third-order valence-electron chi connectivity index (χ3n) is 4.44. The lowest BCUT2D eigenvalue weighted by Crippen LogP contribution is -2.53. The van der Waals surface area contributed by atoms with E-state index in [1.54, 1.807) is 0 Å². The highest BCUT2D eigenvalue weighted by Crippen LogP contribution is 2.28. The van der Waals surface area contributed by atoms with Gasteiger partial charge in [-0.2, -0.15) is 4.31 Å². The maximum atomic E-state index is 13.2. The van der Waals surface area contributed by atoms with Crippen LogP contribution in [0, 0.1) is 12.7 Å². The van der Waals surface area contributed by atoms with Crippen LogP contribution in [0.15, 0.2) is 47.4 Å². The van der Waals surface area contributed by atoms with Gasteiger partial charge in [-0.1, -0.05) is 23.7 Å². The van der Waals surface area contributed by atoms with Crippen LogP contribution in [0.2, 0.25) is 5.02 Å². The Bertz CT molecular complexity index is 888. The van der Waals surface area contributed by atoms with E-state index >= 15 is 0 Å². The van der Waals surface area contributed by atoms with E-state index in [2.05, 4.69) is 11.0 Å². The molecule has 1 unspecified atom stereocenters. The van der Waals surface area contributed by atoms with Gasteiger partial charge in [0.05, 0.1) is 5.02 Å². The van der Waals surface area contributed by atoms with Crippen molar-refractivity contribution < 1.29 is 12.8 Å². The van der Waals surface area contributed by atoms with Crippen molar-refractivity contribution >= 4 is 27.3 Å². The maximum Gasteiger partial charge on any atom is 0.244 e. The molecule has 1 aliphatic heterocycles. The van der Waals surface area contributed by atoms with Crippen LogP contribution < -0.4 is 4.90 Å². The minimum Gasteiger partial charge on any atom is -0.366 e. The number of hydrogen-bond acceptors (Lipinski definition) is 3. The van der Waals surface area contributed by atoms with E-state index in [0.29, 0.717) is 19.6 Å². The molecule has 0 amide bonds. The lowest BCUT2D eigenvalue weighted by atomic mass is 10.1. The van der Waals surface area contributed by atoms with Crippen LogP contribution in [0.1, 0.15) is 12.5 Å². The molecule has 0 bridgehead atoms. The summed E-state index contributed by atoms with van der Waals surface area (Å²) >= 11 is 5.96. The van der Waals surface area contributed by atoms with Crippen molar-refractivity contribution in [3.63, 3.8) is 0 Å². The SMILES string of the molecule is Cc1cccc(N2CCN(S(=O)(=O)c3ccc(F)cc3Cl)CC2C)c1. The Kier molecular flexibility index (Phi) is 5.04. The van der Waals surface area contributed by atoms with Crippen LogP contribution in [0.25, 0.3) is 0 Å². The minimum absolute atomic E-state index is 0.0181. The molecule has 25 heavy (non-hydrogen) atoms. The highest BCUT2D eigenvalue weighted by molar-refractivity contribution is 7.89. The van der Waals surface area contributed by atoms with E-state index in [4.69, 9.17) is 11.6 Å². The van der Waals surface area contributed by atoms with Crippen LogP contribution in [-0.2, 0) is 10.0 Å². The van der Waals surface area contributed by atoms with Gasteiger partial charge in [0.25, 0.3) is 0 Å². The van der Waals surface area contributed by atoms with Gasteiger partial charge in [0.15, 0.2) is 0 Å². The maximum absolute atomic E-state index is 13.2. The summed E-state index contributed by atoms with van der Waals surface area (Å²) in [5.41, 5.74) is 2.25. The minimum atomic E-state index is -3.75. The second-order valence-electron chi connectivity index (χ2n) is 6.32. The molecule has 1 atom stereocenters. The van der Waals surface area contributed by atoms with E-state index in [9.17, 15) is 12.8 Å². The van der Waals surface area contributed by atoms with Crippen molar-refractivity contribution in [2.45, 2.75) is 24.8 Å². The Hall–Kier alpha value is -1.63. The Labute approximate surface area is 152 Å². The van der Waals surface area contributed by atoms with Crippen molar-refractivity contribution in [1.29, 1.82) is 0 Å². The molecule has 0 spiro atoms. The van der Waals surface area contributed by atoms with Gasteiger partial charge in [0.1, 0.15) is 10.7 Å². The lowest BCUT2D eigenvalue weighted by Gasteiger charge is -2.40. The van der Waals surface area contributed by atoms with Gasteiger partial charge < -0.3 is 4.90 Å². The summed E-state index contributed by atoms with van der Waals surface area (Å²) in [6.07, 6.45) is 0. The highest BCUT2D eigenvalue weighted by atomic mass is 35.5. The summed E-state index contributed by atoms with van der Waals surface area (Å²) < 4.78 is 40.4. The van der Waals surface area contributed by atoms with Crippen molar-refractivity contribution in [2.24, 2.45) is 0 Å². The first-order chi connectivity index (χ1) is 11.8. The summed E-state index contributed by atoms with van der Waals surface area (Å²) in [6, 6.07) is 11.5. The molecule has 0 aliphatic carbocycles. The summed E-state index contributed by atoms with van der Waals surface area (Å²) in [5, 5.41) is -0.0891. The molecule has 4 nitrogen and oxygen atoms in total. The topological polar surface area (TPSA) is 40.6 Å². The summed E-state index contributed by atoms with van der Waals surface area (Å²) in [4.78, 5) is 2.15. The number of nitrogens with zero attached hydrogens (tertiary/aromatic N) is 2. The van der Waals surface area contributed by atoms with Crippen molar-refractivity contribution in [2.75, 3.05) is 24.5 Å². The first-order valence-electron chi connectivity index (χ1n) is 8.07. The summed E-state index contributed by atoms with van der Waals surface area (Å²) in [6.45, 7) is 5.32. The summed E-state index contributed by atoms with van der Waals surface area (Å²) in [5.74, 6) is -0.554. The third kappa shape index (κ3) is 3.66. The fraction of sp³-hybridized carbons (Fsp3) is 0.333. The molecule has 0 radical (unpaired) electrons. The van der Waals surface area contributed by atoms with E-state index < -0.39 is 15.8 Å². The molecule has 0 aromatic heterocycles. The van der Waals surface area contributed by atoms with Crippen LogP contribution in [0.5, 0.6) is 0 Å². The van der Waals surface area contributed by atoms with E-state index in [1.807, 2.05) is 32.0 Å². The molecule has 1 fully saturated rings. The van der Waals surface area contributed by atoms with Crippen LogP contribution in [0.4, 0.5) is 10.1 Å². The fourth-order valence-electron chi connectivity index (χ4n) is 3.16. The molecule has 2 aromatic carbocycles. The second kappa shape index (κ2) is 6.94. The molecule has 3 rings (SSSR count). The zero-order valence-electron chi connectivity index (χ0n) is 14.1. The van der Waals surface area contributed by atoms with E-state index in [0.717, 1.165) is 23.4 Å². The van der Waals surface area contributed by atoms with Gasteiger partial charge in [0.2, 0.25) is 10.0 Å². The molecule has 1 saturated heterocycles. The highest BCUT2D eigenvalue weighted by Gasteiger charge is 2.33. The molecular formula is C18H20ClFN2O2S. The van der Waals surface area contributed by atoms with Gasteiger partial charge in [0, 0.05) is 31.4 Å². The molecule has 7 heteroatoms. The standard InChI is InChI=1S/C18H20ClFN2O2S/c1-13-4-3-5-16(10-13)22-9-8-21(12-14(22)2)25(23,24)18-7-6-15(20)11-17(18)19/h3-7,10-11,14H,8-9,12H2,1-2H3.